The van der Waals surface area contributed by atoms with E-state index in [9.17, 15) is 13.2 Å². The lowest BCUT2D eigenvalue weighted by Crippen LogP contribution is -2.06. The number of thiazole rings is 1. The Kier molecular flexibility index (Phi) is 4.20. The molecule has 2 rings (SSSR count). The molecule has 1 heterocycles. The Morgan fingerprint density at radius 1 is 1.30 bits per heavy atom. The molecule has 20 heavy (non-hydrogen) atoms. The van der Waals surface area contributed by atoms with Crippen LogP contribution in [0.1, 0.15) is 20.9 Å². The summed E-state index contributed by atoms with van der Waals surface area (Å²) in [5, 5.41) is 0. The van der Waals surface area contributed by atoms with E-state index in [2.05, 4.69) is 4.98 Å². The smallest absolute Gasteiger partial charge is 0.338 e. The minimum atomic E-state index is -3.26. The van der Waals surface area contributed by atoms with Crippen LogP contribution >= 0.6 is 11.3 Å². The lowest BCUT2D eigenvalue weighted by atomic mass is 10.2. The van der Waals surface area contributed by atoms with Crippen molar-refractivity contribution >= 4 is 27.1 Å². The maximum absolute atomic E-state index is 11.8. The Morgan fingerprint density at radius 2 is 1.95 bits per heavy atom. The van der Waals surface area contributed by atoms with Crippen LogP contribution in [0.25, 0.3) is 0 Å². The lowest BCUT2D eigenvalue weighted by Gasteiger charge is -2.04. The molecule has 0 spiro atoms. The molecule has 0 N–H and O–H groups in total. The second kappa shape index (κ2) is 5.72. The Labute approximate surface area is 121 Å². The maximum atomic E-state index is 11.8. The number of hydrogen-bond donors (Lipinski definition) is 0. The van der Waals surface area contributed by atoms with Crippen molar-refractivity contribution in [2.75, 3.05) is 6.26 Å². The van der Waals surface area contributed by atoms with Crippen molar-refractivity contribution in [3.8, 4) is 0 Å². The second-order valence-electron chi connectivity index (χ2n) is 4.23. The van der Waals surface area contributed by atoms with Crippen LogP contribution in [0.5, 0.6) is 0 Å². The summed E-state index contributed by atoms with van der Waals surface area (Å²) in [4.78, 5) is 17.0. The number of nitrogens with zero attached hydrogens (tertiary/aromatic N) is 1. The summed E-state index contributed by atoms with van der Waals surface area (Å²) < 4.78 is 27.8. The number of rotatable bonds is 4. The number of carbonyl (C=O) groups excluding carboxylic acids is 1. The summed E-state index contributed by atoms with van der Waals surface area (Å²) in [5.74, 6) is -0.488. The van der Waals surface area contributed by atoms with Crippen molar-refractivity contribution in [1.29, 1.82) is 0 Å². The van der Waals surface area contributed by atoms with E-state index in [0.717, 1.165) is 16.8 Å². The zero-order chi connectivity index (χ0) is 14.8. The lowest BCUT2D eigenvalue weighted by molar-refractivity contribution is 0.0476. The van der Waals surface area contributed by atoms with Gasteiger partial charge in [-0.3, -0.25) is 0 Å². The van der Waals surface area contributed by atoms with Crippen LogP contribution in [-0.4, -0.2) is 25.6 Å². The van der Waals surface area contributed by atoms with Crippen molar-refractivity contribution in [2.24, 2.45) is 0 Å². The first-order valence-electron chi connectivity index (χ1n) is 5.74. The number of aromatic nitrogens is 1. The molecule has 7 heteroatoms. The molecule has 2 aromatic rings. The fraction of sp³-hybridized carbons (Fsp3) is 0.231. The Balaban J connectivity index is 2.05. The molecule has 0 atom stereocenters. The molecule has 0 bridgehead atoms. The SMILES string of the molecule is Cc1ncsc1COC(=O)c1ccc(S(C)(=O)=O)cc1. The summed E-state index contributed by atoms with van der Waals surface area (Å²) >= 11 is 1.42. The van der Waals surface area contributed by atoms with E-state index in [-0.39, 0.29) is 11.5 Å². The summed E-state index contributed by atoms with van der Waals surface area (Å²) in [6.07, 6.45) is 1.12. The first-order chi connectivity index (χ1) is 9.38. The fourth-order valence-corrected chi connectivity index (χ4v) is 2.84. The van der Waals surface area contributed by atoms with Crippen LogP contribution in [0.2, 0.25) is 0 Å². The average Bonchev–Trinajstić information content (AvgIpc) is 2.81. The molecule has 1 aromatic heterocycles. The fourth-order valence-electron chi connectivity index (χ4n) is 1.52. The van der Waals surface area contributed by atoms with Gasteiger partial charge >= 0.3 is 5.97 Å². The number of aryl methyl sites for hydroxylation is 1. The van der Waals surface area contributed by atoms with E-state index in [1.807, 2.05) is 6.92 Å². The summed E-state index contributed by atoms with van der Waals surface area (Å²) in [5.41, 5.74) is 2.86. The molecule has 0 saturated heterocycles. The van der Waals surface area contributed by atoms with Gasteiger partial charge in [-0.2, -0.15) is 0 Å². The molecule has 0 radical (unpaired) electrons. The third kappa shape index (κ3) is 3.43. The monoisotopic (exact) mass is 311 g/mol. The molecule has 0 aliphatic carbocycles. The third-order valence-electron chi connectivity index (χ3n) is 2.70. The van der Waals surface area contributed by atoms with E-state index in [1.165, 1.54) is 35.6 Å². The van der Waals surface area contributed by atoms with Gasteiger partial charge in [-0.15, -0.1) is 11.3 Å². The van der Waals surface area contributed by atoms with Gasteiger partial charge in [0.2, 0.25) is 0 Å². The quantitative estimate of drug-likeness (QED) is 0.809. The van der Waals surface area contributed by atoms with E-state index in [1.54, 1.807) is 5.51 Å². The van der Waals surface area contributed by atoms with Gasteiger partial charge in [0.05, 0.1) is 26.5 Å². The molecule has 1 aromatic carbocycles. The molecule has 5 nitrogen and oxygen atoms in total. The minimum absolute atomic E-state index is 0.170. The number of hydrogen-bond acceptors (Lipinski definition) is 6. The highest BCUT2D eigenvalue weighted by Crippen LogP contribution is 2.15. The topological polar surface area (TPSA) is 73.3 Å². The van der Waals surface area contributed by atoms with Crippen LogP contribution in [0.15, 0.2) is 34.7 Å². The number of sulfone groups is 1. The van der Waals surface area contributed by atoms with Gasteiger partial charge < -0.3 is 4.74 Å². The highest BCUT2D eigenvalue weighted by atomic mass is 32.2. The van der Waals surface area contributed by atoms with Gasteiger partial charge in [-0.25, -0.2) is 18.2 Å². The van der Waals surface area contributed by atoms with Gasteiger partial charge in [0.15, 0.2) is 9.84 Å². The molecule has 0 unspecified atom stereocenters. The van der Waals surface area contributed by atoms with Crippen molar-refractivity contribution in [1.82, 2.24) is 4.98 Å². The van der Waals surface area contributed by atoms with Crippen LogP contribution < -0.4 is 0 Å². The van der Waals surface area contributed by atoms with E-state index >= 15 is 0 Å². The average molecular weight is 311 g/mol. The zero-order valence-corrected chi connectivity index (χ0v) is 12.6. The molecule has 0 saturated carbocycles. The third-order valence-corrected chi connectivity index (χ3v) is 4.73. The highest BCUT2D eigenvalue weighted by Gasteiger charge is 2.12. The molecule has 0 amide bonds. The van der Waals surface area contributed by atoms with Crippen LogP contribution in [-0.2, 0) is 21.2 Å². The number of ether oxygens (including phenoxy) is 1. The standard InChI is InChI=1S/C13H13NO4S2/c1-9-12(19-8-14-9)7-18-13(15)10-3-5-11(6-4-10)20(2,16)17/h3-6,8H,7H2,1-2H3. The number of carbonyl (C=O) groups is 1. The van der Waals surface area contributed by atoms with Crippen LogP contribution in [0.4, 0.5) is 0 Å². The second-order valence-corrected chi connectivity index (χ2v) is 7.19. The molecule has 0 fully saturated rings. The van der Waals surface area contributed by atoms with Crippen LogP contribution in [0, 0.1) is 6.92 Å². The van der Waals surface area contributed by atoms with Crippen molar-refractivity contribution in [2.45, 2.75) is 18.4 Å². The molecule has 0 aliphatic rings. The van der Waals surface area contributed by atoms with Crippen molar-refractivity contribution in [3.63, 3.8) is 0 Å². The van der Waals surface area contributed by atoms with Gasteiger partial charge in [0, 0.05) is 6.26 Å². The van der Waals surface area contributed by atoms with Gasteiger partial charge in [-0.1, -0.05) is 0 Å². The molecule has 0 aliphatic heterocycles. The Bertz CT molecular complexity index is 717. The summed E-state index contributed by atoms with van der Waals surface area (Å²) in [7, 11) is -3.26. The van der Waals surface area contributed by atoms with E-state index in [4.69, 9.17) is 4.74 Å². The van der Waals surface area contributed by atoms with E-state index < -0.39 is 15.8 Å². The Morgan fingerprint density at radius 3 is 2.45 bits per heavy atom. The minimum Gasteiger partial charge on any atom is -0.456 e. The normalized spacial score (nSPS) is 11.3. The Hall–Kier alpha value is -1.73. The highest BCUT2D eigenvalue weighted by molar-refractivity contribution is 7.90. The summed E-state index contributed by atoms with van der Waals surface area (Å²) in [6.45, 7) is 2.02. The van der Waals surface area contributed by atoms with Gasteiger partial charge in [0.25, 0.3) is 0 Å². The number of esters is 1. The van der Waals surface area contributed by atoms with Crippen molar-refractivity contribution < 1.29 is 17.9 Å². The van der Waals surface area contributed by atoms with E-state index in [0.29, 0.717) is 5.56 Å². The maximum Gasteiger partial charge on any atom is 0.338 e. The first-order valence-corrected chi connectivity index (χ1v) is 8.51. The largest absolute Gasteiger partial charge is 0.456 e. The van der Waals surface area contributed by atoms with Gasteiger partial charge in [0.1, 0.15) is 6.61 Å². The predicted octanol–water partition coefficient (Wildman–Crippen LogP) is 2.21. The molecular weight excluding hydrogens is 298 g/mol. The van der Waals surface area contributed by atoms with Gasteiger partial charge in [-0.05, 0) is 31.2 Å². The van der Waals surface area contributed by atoms with Crippen molar-refractivity contribution in [3.05, 3.63) is 45.9 Å². The molecular formula is C13H13NO4S2. The molecule has 106 valence electrons. The predicted molar refractivity (Wildman–Crippen MR) is 75.5 cm³/mol. The zero-order valence-electron chi connectivity index (χ0n) is 11.0. The summed E-state index contributed by atoms with van der Waals surface area (Å²) in [6, 6.07) is 5.67. The number of benzene rings is 1. The van der Waals surface area contributed by atoms with Crippen LogP contribution in [0.3, 0.4) is 0 Å². The first kappa shape index (κ1) is 14.7.